The molecule has 1 aromatic carbocycles. The van der Waals surface area contributed by atoms with E-state index in [9.17, 15) is 4.79 Å². The largest absolute Gasteiger partial charge is 0.302 e. The van der Waals surface area contributed by atoms with Crippen molar-refractivity contribution in [1.29, 1.82) is 0 Å². The first-order chi connectivity index (χ1) is 5.72. The lowest BCUT2D eigenvalue weighted by atomic mass is 10.2. The summed E-state index contributed by atoms with van der Waals surface area (Å²) in [5.74, 6) is 0. The molecule has 0 amide bonds. The van der Waals surface area contributed by atoms with Crippen LogP contribution in [0.4, 0.5) is 0 Å². The number of rotatable bonds is 3. The first kappa shape index (κ1) is 9.33. The minimum Gasteiger partial charge on any atom is -0.302 e. The first-order valence-corrected chi connectivity index (χ1v) is 4.79. The molecule has 12 heavy (non-hydrogen) atoms. The molecule has 0 spiro atoms. The van der Waals surface area contributed by atoms with E-state index in [4.69, 9.17) is 0 Å². The van der Waals surface area contributed by atoms with Gasteiger partial charge in [0.2, 0.25) is 0 Å². The highest BCUT2D eigenvalue weighted by Crippen LogP contribution is 2.21. The molecule has 0 aliphatic heterocycles. The molecule has 0 saturated carbocycles. The molecule has 0 aliphatic carbocycles. The Morgan fingerprint density at radius 1 is 1.33 bits per heavy atom. The molecule has 0 fully saturated rings. The summed E-state index contributed by atoms with van der Waals surface area (Å²) >= 11 is 1.58. The number of carbonyl (C=O) groups excluding carboxylic acids is 1. The van der Waals surface area contributed by atoms with Crippen molar-refractivity contribution in [2.24, 2.45) is 0 Å². The zero-order valence-electron chi connectivity index (χ0n) is 7.28. The van der Waals surface area contributed by atoms with Crippen molar-refractivity contribution < 1.29 is 4.79 Å². The van der Waals surface area contributed by atoms with Crippen LogP contribution in [0, 0.1) is 6.92 Å². The zero-order chi connectivity index (χ0) is 8.97. The van der Waals surface area contributed by atoms with Crippen LogP contribution in [0.25, 0.3) is 0 Å². The summed E-state index contributed by atoms with van der Waals surface area (Å²) in [6.07, 6.45) is 0.963. The molecule has 0 aromatic heterocycles. The molecule has 0 heterocycles. The summed E-state index contributed by atoms with van der Waals surface area (Å²) in [6, 6.07) is 8.19. The third-order valence-corrected chi connectivity index (χ3v) is 2.56. The highest BCUT2D eigenvalue weighted by atomic mass is 32.2. The van der Waals surface area contributed by atoms with E-state index in [0.29, 0.717) is 0 Å². The van der Waals surface area contributed by atoms with E-state index in [1.54, 1.807) is 11.8 Å². The van der Waals surface area contributed by atoms with Crippen LogP contribution in [0.3, 0.4) is 0 Å². The Morgan fingerprint density at radius 2 is 1.92 bits per heavy atom. The maximum absolute atomic E-state index is 10.4. The van der Waals surface area contributed by atoms with Gasteiger partial charge in [-0.2, -0.15) is 0 Å². The Balaban J connectivity index is 2.64. The van der Waals surface area contributed by atoms with Gasteiger partial charge in [0.25, 0.3) is 0 Å². The van der Waals surface area contributed by atoms with Crippen molar-refractivity contribution in [2.45, 2.75) is 24.0 Å². The zero-order valence-corrected chi connectivity index (χ0v) is 8.10. The van der Waals surface area contributed by atoms with Crippen LogP contribution < -0.4 is 0 Å². The Kier molecular flexibility index (Phi) is 3.35. The van der Waals surface area contributed by atoms with Gasteiger partial charge in [0.1, 0.15) is 6.29 Å². The van der Waals surface area contributed by atoms with E-state index in [1.165, 1.54) is 5.56 Å². The van der Waals surface area contributed by atoms with Crippen LogP contribution in [-0.4, -0.2) is 11.5 Å². The van der Waals surface area contributed by atoms with Crippen LogP contribution in [0.1, 0.15) is 12.5 Å². The van der Waals surface area contributed by atoms with Gasteiger partial charge >= 0.3 is 0 Å². The second-order valence-corrected chi connectivity index (χ2v) is 4.22. The summed E-state index contributed by atoms with van der Waals surface area (Å²) in [5, 5.41) is 0.0488. The molecule has 0 N–H and O–H groups in total. The van der Waals surface area contributed by atoms with Crippen LogP contribution in [0.2, 0.25) is 0 Å². The van der Waals surface area contributed by atoms with Gasteiger partial charge in [-0.15, -0.1) is 11.8 Å². The molecule has 1 atom stereocenters. The van der Waals surface area contributed by atoms with E-state index in [-0.39, 0.29) is 5.25 Å². The Bertz CT molecular complexity index is 253. The average Bonchev–Trinajstić information content (AvgIpc) is 2.09. The fraction of sp³-hybridized carbons (Fsp3) is 0.300. The summed E-state index contributed by atoms with van der Waals surface area (Å²) in [5.41, 5.74) is 1.25. The SMILES string of the molecule is Cc1ccc(S[C@@H](C)C=O)cc1. The molecule has 0 bridgehead atoms. The topological polar surface area (TPSA) is 17.1 Å². The third-order valence-electron chi connectivity index (χ3n) is 1.53. The fourth-order valence-corrected chi connectivity index (χ4v) is 1.64. The minimum atomic E-state index is 0.0488. The predicted molar refractivity (Wildman–Crippen MR) is 52.6 cm³/mol. The third kappa shape index (κ3) is 2.70. The van der Waals surface area contributed by atoms with E-state index >= 15 is 0 Å². The van der Waals surface area contributed by atoms with Crippen LogP contribution in [0.15, 0.2) is 29.2 Å². The number of thioether (sulfide) groups is 1. The number of benzene rings is 1. The molecule has 1 aromatic rings. The fourth-order valence-electron chi connectivity index (χ4n) is 0.859. The Morgan fingerprint density at radius 3 is 2.42 bits per heavy atom. The lowest BCUT2D eigenvalue weighted by molar-refractivity contribution is -0.107. The molecule has 64 valence electrons. The maximum Gasteiger partial charge on any atom is 0.133 e. The van der Waals surface area contributed by atoms with E-state index in [2.05, 4.69) is 19.1 Å². The molecular weight excluding hydrogens is 168 g/mol. The lowest BCUT2D eigenvalue weighted by Crippen LogP contribution is -1.95. The van der Waals surface area contributed by atoms with E-state index in [0.717, 1.165) is 11.2 Å². The highest BCUT2D eigenvalue weighted by Gasteiger charge is 2.00. The monoisotopic (exact) mass is 180 g/mol. The first-order valence-electron chi connectivity index (χ1n) is 3.91. The number of aryl methyl sites for hydroxylation is 1. The molecular formula is C10H12OS. The van der Waals surface area contributed by atoms with Crippen molar-refractivity contribution in [3.8, 4) is 0 Å². The normalized spacial score (nSPS) is 12.5. The second kappa shape index (κ2) is 4.31. The van der Waals surface area contributed by atoms with E-state index in [1.807, 2.05) is 19.1 Å². The van der Waals surface area contributed by atoms with E-state index < -0.39 is 0 Å². The van der Waals surface area contributed by atoms with Crippen molar-refractivity contribution in [3.05, 3.63) is 29.8 Å². The van der Waals surface area contributed by atoms with Gasteiger partial charge in [-0.05, 0) is 26.0 Å². The molecule has 1 rings (SSSR count). The van der Waals surface area contributed by atoms with Crippen LogP contribution in [0.5, 0.6) is 0 Å². The van der Waals surface area contributed by atoms with Crippen molar-refractivity contribution >= 4 is 18.0 Å². The highest BCUT2D eigenvalue weighted by molar-refractivity contribution is 8.00. The Labute approximate surface area is 77.2 Å². The van der Waals surface area contributed by atoms with Gasteiger partial charge in [-0.25, -0.2) is 0 Å². The second-order valence-electron chi connectivity index (χ2n) is 2.77. The lowest BCUT2D eigenvalue weighted by Gasteiger charge is -2.02. The summed E-state index contributed by atoms with van der Waals surface area (Å²) in [4.78, 5) is 11.5. The van der Waals surface area contributed by atoms with Gasteiger partial charge in [-0.1, -0.05) is 17.7 Å². The van der Waals surface area contributed by atoms with Crippen molar-refractivity contribution in [2.75, 3.05) is 0 Å². The van der Waals surface area contributed by atoms with Crippen molar-refractivity contribution in [3.63, 3.8) is 0 Å². The standard InChI is InChI=1S/C10H12OS/c1-8-3-5-10(6-4-8)12-9(2)7-11/h3-7,9H,1-2H3/t9-/m0/s1. The summed E-state index contributed by atoms with van der Waals surface area (Å²) in [6.45, 7) is 3.95. The number of carbonyl (C=O) groups is 1. The molecule has 0 unspecified atom stereocenters. The molecule has 1 nitrogen and oxygen atoms in total. The number of aldehydes is 1. The van der Waals surface area contributed by atoms with Crippen molar-refractivity contribution in [1.82, 2.24) is 0 Å². The minimum absolute atomic E-state index is 0.0488. The van der Waals surface area contributed by atoms with Gasteiger partial charge in [0.05, 0.1) is 5.25 Å². The van der Waals surface area contributed by atoms with Gasteiger partial charge in [0.15, 0.2) is 0 Å². The molecule has 0 radical (unpaired) electrons. The molecule has 0 aliphatic rings. The average molecular weight is 180 g/mol. The predicted octanol–water partition coefficient (Wildman–Crippen LogP) is 2.67. The number of hydrogen-bond donors (Lipinski definition) is 0. The van der Waals surface area contributed by atoms with Gasteiger partial charge in [-0.3, -0.25) is 0 Å². The van der Waals surface area contributed by atoms with Crippen LogP contribution >= 0.6 is 11.8 Å². The summed E-state index contributed by atoms with van der Waals surface area (Å²) in [7, 11) is 0. The number of hydrogen-bond acceptors (Lipinski definition) is 2. The molecule has 0 saturated heterocycles. The van der Waals surface area contributed by atoms with Gasteiger partial charge < -0.3 is 4.79 Å². The van der Waals surface area contributed by atoms with Gasteiger partial charge in [0, 0.05) is 4.90 Å². The smallest absolute Gasteiger partial charge is 0.133 e. The quantitative estimate of drug-likeness (QED) is 0.525. The Hall–Kier alpha value is -0.760. The maximum atomic E-state index is 10.4. The van der Waals surface area contributed by atoms with Crippen LogP contribution in [-0.2, 0) is 4.79 Å². The molecule has 2 heteroatoms. The summed E-state index contributed by atoms with van der Waals surface area (Å²) < 4.78 is 0.